The van der Waals surface area contributed by atoms with Gasteiger partial charge in [0.05, 0.1) is 17.8 Å². The van der Waals surface area contributed by atoms with Crippen LogP contribution in [0.4, 0.5) is 0 Å². The Balaban J connectivity index is 2.82. The van der Waals surface area contributed by atoms with E-state index in [1.54, 1.807) is 13.0 Å². The first kappa shape index (κ1) is 12.2. The Labute approximate surface area is 91.4 Å². The van der Waals surface area contributed by atoms with Gasteiger partial charge in [-0.25, -0.2) is 4.79 Å². The monoisotopic (exact) mass is 212 g/mol. The van der Waals surface area contributed by atoms with Crippen molar-refractivity contribution in [3.05, 3.63) is 11.6 Å². The summed E-state index contributed by atoms with van der Waals surface area (Å²) in [6.45, 7) is 10.2. The van der Waals surface area contributed by atoms with E-state index >= 15 is 0 Å². The first-order valence-electron chi connectivity index (χ1n) is 5.35. The fourth-order valence-corrected chi connectivity index (χ4v) is 2.01. The molecule has 0 amide bonds. The van der Waals surface area contributed by atoms with Crippen LogP contribution in [-0.2, 0) is 14.3 Å². The first-order valence-corrected chi connectivity index (χ1v) is 5.35. The molecule has 0 aliphatic carbocycles. The lowest BCUT2D eigenvalue weighted by molar-refractivity contribution is -0.137. The second-order valence-corrected chi connectivity index (χ2v) is 4.97. The van der Waals surface area contributed by atoms with Crippen molar-refractivity contribution in [3.63, 3.8) is 0 Å². The van der Waals surface area contributed by atoms with Crippen LogP contribution in [0.15, 0.2) is 11.6 Å². The van der Waals surface area contributed by atoms with E-state index in [1.165, 1.54) is 0 Å². The predicted octanol–water partition coefficient (Wildman–Crippen LogP) is 2.45. The third-order valence-corrected chi connectivity index (χ3v) is 2.50. The Kier molecular flexibility index (Phi) is 3.24. The van der Waals surface area contributed by atoms with Gasteiger partial charge in [-0.05, 0) is 40.2 Å². The first-order chi connectivity index (χ1) is 6.77. The predicted molar refractivity (Wildman–Crippen MR) is 58.6 cm³/mol. The minimum absolute atomic E-state index is 0.193. The molecule has 0 aromatic carbocycles. The SMILES string of the molecule is CCOC(=O)/C=C1/CC(C)(C)OC1(C)C. The maximum Gasteiger partial charge on any atom is 0.330 e. The number of rotatable bonds is 2. The standard InChI is InChI=1S/C12H20O3/c1-6-14-10(13)7-9-8-11(2,3)15-12(9,4)5/h7H,6,8H2,1-5H3/b9-7-. The Morgan fingerprint density at radius 1 is 1.47 bits per heavy atom. The molecule has 0 saturated carbocycles. The van der Waals surface area contributed by atoms with Crippen LogP contribution in [0.2, 0.25) is 0 Å². The molecule has 3 heteroatoms. The van der Waals surface area contributed by atoms with Gasteiger partial charge in [-0.1, -0.05) is 0 Å². The quantitative estimate of drug-likeness (QED) is 0.521. The molecule has 1 fully saturated rings. The van der Waals surface area contributed by atoms with Gasteiger partial charge in [-0.15, -0.1) is 0 Å². The molecule has 0 aromatic rings. The Morgan fingerprint density at radius 2 is 2.07 bits per heavy atom. The highest BCUT2D eigenvalue weighted by atomic mass is 16.5. The van der Waals surface area contributed by atoms with E-state index in [9.17, 15) is 4.79 Å². The van der Waals surface area contributed by atoms with Crippen LogP contribution in [-0.4, -0.2) is 23.8 Å². The van der Waals surface area contributed by atoms with Crippen molar-refractivity contribution in [1.82, 2.24) is 0 Å². The lowest BCUT2D eigenvalue weighted by Crippen LogP contribution is -2.26. The van der Waals surface area contributed by atoms with E-state index in [0.717, 1.165) is 12.0 Å². The smallest absolute Gasteiger partial charge is 0.330 e. The highest BCUT2D eigenvalue weighted by molar-refractivity contribution is 5.83. The summed E-state index contributed by atoms with van der Waals surface area (Å²) < 4.78 is 10.7. The molecule has 0 unspecified atom stereocenters. The normalized spacial score (nSPS) is 25.5. The van der Waals surface area contributed by atoms with Gasteiger partial charge >= 0.3 is 5.97 Å². The average Bonchev–Trinajstić information content (AvgIpc) is 2.19. The fourth-order valence-electron chi connectivity index (χ4n) is 2.01. The van der Waals surface area contributed by atoms with E-state index in [4.69, 9.17) is 9.47 Å². The molecule has 1 rings (SSSR count). The van der Waals surface area contributed by atoms with Gasteiger partial charge in [-0.2, -0.15) is 0 Å². The number of hydrogen-bond acceptors (Lipinski definition) is 3. The maximum absolute atomic E-state index is 11.3. The summed E-state index contributed by atoms with van der Waals surface area (Å²) in [5.41, 5.74) is 0.448. The minimum Gasteiger partial charge on any atom is -0.463 e. The zero-order valence-electron chi connectivity index (χ0n) is 10.2. The van der Waals surface area contributed by atoms with Crippen LogP contribution in [0.3, 0.4) is 0 Å². The average molecular weight is 212 g/mol. The molecule has 0 aromatic heterocycles. The number of esters is 1. The van der Waals surface area contributed by atoms with Crippen molar-refractivity contribution in [2.75, 3.05) is 6.61 Å². The van der Waals surface area contributed by atoms with Crippen molar-refractivity contribution < 1.29 is 14.3 Å². The highest BCUT2D eigenvalue weighted by Crippen LogP contribution is 2.41. The number of hydrogen-bond donors (Lipinski definition) is 0. The van der Waals surface area contributed by atoms with E-state index in [2.05, 4.69) is 0 Å². The molecule has 3 nitrogen and oxygen atoms in total. The van der Waals surface area contributed by atoms with Crippen molar-refractivity contribution >= 4 is 5.97 Å². The molecular weight excluding hydrogens is 192 g/mol. The van der Waals surface area contributed by atoms with Crippen molar-refractivity contribution in [2.24, 2.45) is 0 Å². The molecule has 0 spiro atoms. The van der Waals surface area contributed by atoms with Crippen molar-refractivity contribution in [1.29, 1.82) is 0 Å². The molecule has 86 valence electrons. The molecule has 0 N–H and O–H groups in total. The molecular formula is C12H20O3. The number of carbonyl (C=O) groups excluding carboxylic acids is 1. The zero-order valence-corrected chi connectivity index (χ0v) is 10.2. The summed E-state index contributed by atoms with van der Waals surface area (Å²) in [7, 11) is 0. The fraction of sp³-hybridized carbons (Fsp3) is 0.750. The zero-order chi connectivity index (χ0) is 11.7. The second kappa shape index (κ2) is 3.97. The summed E-state index contributed by atoms with van der Waals surface area (Å²) in [5, 5.41) is 0. The molecule has 0 radical (unpaired) electrons. The molecule has 15 heavy (non-hydrogen) atoms. The van der Waals surface area contributed by atoms with Gasteiger partial charge < -0.3 is 9.47 Å². The summed E-state index contributed by atoms with van der Waals surface area (Å²) in [6, 6.07) is 0. The number of ether oxygens (including phenoxy) is 2. The highest BCUT2D eigenvalue weighted by Gasteiger charge is 2.41. The van der Waals surface area contributed by atoms with Crippen LogP contribution in [0, 0.1) is 0 Å². The third-order valence-electron chi connectivity index (χ3n) is 2.50. The minimum atomic E-state index is -0.365. The molecule has 0 bridgehead atoms. The van der Waals surface area contributed by atoms with Crippen LogP contribution in [0.5, 0.6) is 0 Å². The Hall–Kier alpha value is -0.830. The lowest BCUT2D eigenvalue weighted by atomic mass is 9.93. The topological polar surface area (TPSA) is 35.5 Å². The van der Waals surface area contributed by atoms with Crippen LogP contribution >= 0.6 is 0 Å². The van der Waals surface area contributed by atoms with E-state index in [0.29, 0.717) is 6.61 Å². The van der Waals surface area contributed by atoms with Gasteiger partial charge in [0.15, 0.2) is 0 Å². The Morgan fingerprint density at radius 3 is 2.47 bits per heavy atom. The van der Waals surface area contributed by atoms with Crippen LogP contribution in [0.25, 0.3) is 0 Å². The molecule has 1 saturated heterocycles. The maximum atomic E-state index is 11.3. The lowest BCUT2D eigenvalue weighted by Gasteiger charge is -2.23. The Bertz CT molecular complexity index is 287. The van der Waals surface area contributed by atoms with Crippen LogP contribution in [0.1, 0.15) is 41.0 Å². The van der Waals surface area contributed by atoms with Gasteiger partial charge in [0.25, 0.3) is 0 Å². The summed E-state index contributed by atoms with van der Waals surface area (Å²) in [4.78, 5) is 11.3. The van der Waals surface area contributed by atoms with Crippen molar-refractivity contribution in [2.45, 2.75) is 52.2 Å². The van der Waals surface area contributed by atoms with Gasteiger partial charge in [0.1, 0.15) is 0 Å². The molecule has 0 atom stereocenters. The van der Waals surface area contributed by atoms with Gasteiger partial charge in [0, 0.05) is 12.5 Å². The summed E-state index contributed by atoms with van der Waals surface area (Å²) in [5.74, 6) is -0.276. The molecule has 1 aliphatic rings. The van der Waals surface area contributed by atoms with E-state index < -0.39 is 0 Å². The molecule has 1 aliphatic heterocycles. The molecule has 1 heterocycles. The summed E-state index contributed by atoms with van der Waals surface area (Å²) >= 11 is 0. The van der Waals surface area contributed by atoms with Crippen LogP contribution < -0.4 is 0 Å². The number of carbonyl (C=O) groups is 1. The van der Waals surface area contributed by atoms with Gasteiger partial charge in [-0.3, -0.25) is 0 Å². The van der Waals surface area contributed by atoms with E-state index in [1.807, 2.05) is 27.7 Å². The van der Waals surface area contributed by atoms with Gasteiger partial charge in [0.2, 0.25) is 0 Å². The van der Waals surface area contributed by atoms with E-state index in [-0.39, 0.29) is 17.2 Å². The summed E-state index contributed by atoms with van der Waals surface area (Å²) in [6.07, 6.45) is 2.34. The third kappa shape index (κ3) is 3.06. The second-order valence-electron chi connectivity index (χ2n) is 4.97. The van der Waals surface area contributed by atoms with Crippen molar-refractivity contribution in [3.8, 4) is 0 Å². The largest absolute Gasteiger partial charge is 0.463 e.